The molecule has 0 amide bonds. The van der Waals surface area contributed by atoms with Crippen molar-refractivity contribution in [3.63, 3.8) is 0 Å². The Morgan fingerprint density at radius 1 is 1.00 bits per heavy atom. The molecule has 0 aliphatic rings. The Hall–Kier alpha value is -3.32. The van der Waals surface area contributed by atoms with E-state index in [4.69, 9.17) is 11.6 Å². The zero-order valence-electron chi connectivity index (χ0n) is 13.1. The van der Waals surface area contributed by atoms with Gasteiger partial charge in [0.25, 0.3) is 5.56 Å². The monoisotopic (exact) mass is 368 g/mol. The number of benzene rings is 1. The first-order valence-electron chi connectivity index (χ1n) is 7.56. The highest BCUT2D eigenvalue weighted by molar-refractivity contribution is 6.31. The fourth-order valence-electron chi connectivity index (χ4n) is 2.72. The first-order chi connectivity index (χ1) is 12.6. The standard InChI is InChI=1S/C18H10ClFN4O2/c19-13-9-15-12(8-14(13)20)17(25)23(11-4-3-6-21-10-11)18(26)24(15)16-5-1-2-7-22-16/h1-10H. The van der Waals surface area contributed by atoms with Gasteiger partial charge in [-0.15, -0.1) is 0 Å². The number of nitrogens with zero attached hydrogens (tertiary/aromatic N) is 4. The lowest BCUT2D eigenvalue weighted by molar-refractivity contribution is 0.629. The number of fused-ring (bicyclic) bond motifs is 1. The van der Waals surface area contributed by atoms with E-state index < -0.39 is 17.1 Å². The van der Waals surface area contributed by atoms with Gasteiger partial charge >= 0.3 is 5.69 Å². The number of aromatic nitrogens is 4. The summed E-state index contributed by atoms with van der Waals surface area (Å²) in [5, 5.41) is -0.193. The maximum atomic E-state index is 14.0. The average Bonchev–Trinajstić information content (AvgIpc) is 2.66. The predicted octanol–water partition coefficient (Wildman–Crippen LogP) is 2.72. The molecule has 0 spiro atoms. The largest absolute Gasteiger partial charge is 0.342 e. The summed E-state index contributed by atoms with van der Waals surface area (Å²) in [6.07, 6.45) is 4.41. The zero-order chi connectivity index (χ0) is 18.3. The molecule has 0 saturated carbocycles. The summed E-state index contributed by atoms with van der Waals surface area (Å²) < 4.78 is 16.1. The molecule has 3 aromatic heterocycles. The van der Waals surface area contributed by atoms with E-state index in [0.29, 0.717) is 0 Å². The maximum absolute atomic E-state index is 14.0. The summed E-state index contributed by atoms with van der Waals surface area (Å²) >= 11 is 5.88. The van der Waals surface area contributed by atoms with Crippen LogP contribution in [0.5, 0.6) is 0 Å². The highest BCUT2D eigenvalue weighted by Crippen LogP contribution is 2.22. The molecule has 0 unspecified atom stereocenters. The van der Waals surface area contributed by atoms with Crippen LogP contribution in [0.4, 0.5) is 4.39 Å². The van der Waals surface area contributed by atoms with Gasteiger partial charge < -0.3 is 0 Å². The molecular weight excluding hydrogens is 359 g/mol. The van der Waals surface area contributed by atoms with E-state index in [-0.39, 0.29) is 27.4 Å². The fraction of sp³-hybridized carbons (Fsp3) is 0. The second-order valence-corrected chi connectivity index (χ2v) is 5.85. The molecule has 4 aromatic rings. The van der Waals surface area contributed by atoms with Gasteiger partial charge in [0.1, 0.15) is 11.6 Å². The van der Waals surface area contributed by atoms with Crippen LogP contribution >= 0.6 is 11.6 Å². The predicted molar refractivity (Wildman–Crippen MR) is 95.7 cm³/mol. The number of hydrogen-bond acceptors (Lipinski definition) is 4. The first-order valence-corrected chi connectivity index (χ1v) is 7.94. The Kier molecular flexibility index (Phi) is 3.85. The molecule has 128 valence electrons. The second-order valence-electron chi connectivity index (χ2n) is 5.44. The van der Waals surface area contributed by atoms with Crippen molar-refractivity contribution in [2.24, 2.45) is 0 Å². The van der Waals surface area contributed by atoms with Crippen LogP contribution in [0.3, 0.4) is 0 Å². The normalized spacial score (nSPS) is 11.0. The fourth-order valence-corrected chi connectivity index (χ4v) is 2.88. The first kappa shape index (κ1) is 16.2. The van der Waals surface area contributed by atoms with E-state index in [2.05, 4.69) is 9.97 Å². The van der Waals surface area contributed by atoms with Gasteiger partial charge in [0, 0.05) is 12.4 Å². The quantitative estimate of drug-likeness (QED) is 0.545. The molecule has 8 heteroatoms. The van der Waals surface area contributed by atoms with Crippen molar-refractivity contribution < 1.29 is 4.39 Å². The molecule has 0 bridgehead atoms. The molecule has 4 rings (SSSR count). The minimum Gasteiger partial charge on any atom is -0.268 e. The SMILES string of the molecule is O=c1c2cc(F)c(Cl)cc2n(-c2ccccn2)c(=O)n1-c1cccnc1. The molecule has 0 aliphatic carbocycles. The van der Waals surface area contributed by atoms with Crippen molar-refractivity contribution in [1.82, 2.24) is 19.1 Å². The highest BCUT2D eigenvalue weighted by Gasteiger charge is 2.18. The molecule has 0 radical (unpaired) electrons. The minimum absolute atomic E-state index is 0.000932. The smallest absolute Gasteiger partial charge is 0.268 e. The van der Waals surface area contributed by atoms with Crippen molar-refractivity contribution >= 4 is 22.5 Å². The van der Waals surface area contributed by atoms with E-state index in [1.54, 1.807) is 30.3 Å². The molecule has 1 aromatic carbocycles. The molecule has 3 heterocycles. The zero-order valence-corrected chi connectivity index (χ0v) is 13.9. The number of halogens is 2. The van der Waals surface area contributed by atoms with Crippen LogP contribution < -0.4 is 11.2 Å². The highest BCUT2D eigenvalue weighted by atomic mass is 35.5. The lowest BCUT2D eigenvalue weighted by atomic mass is 10.2. The summed E-state index contributed by atoms with van der Waals surface area (Å²) in [5.74, 6) is -0.469. The molecule has 0 aliphatic heterocycles. The van der Waals surface area contributed by atoms with E-state index in [1.165, 1.54) is 29.2 Å². The third-order valence-electron chi connectivity index (χ3n) is 3.88. The second kappa shape index (κ2) is 6.20. The van der Waals surface area contributed by atoms with Crippen LogP contribution in [0, 0.1) is 5.82 Å². The lowest BCUT2D eigenvalue weighted by Crippen LogP contribution is -2.38. The Balaban J connectivity index is 2.24. The molecular formula is C18H10ClFN4O2. The van der Waals surface area contributed by atoms with Gasteiger partial charge in [0.2, 0.25) is 0 Å². The van der Waals surface area contributed by atoms with Gasteiger partial charge in [-0.3, -0.25) is 9.78 Å². The molecule has 0 saturated heterocycles. The van der Waals surface area contributed by atoms with Gasteiger partial charge in [-0.25, -0.2) is 23.3 Å². The topological polar surface area (TPSA) is 69.8 Å². The van der Waals surface area contributed by atoms with Crippen molar-refractivity contribution in [3.8, 4) is 11.5 Å². The maximum Gasteiger partial charge on any atom is 0.342 e. The van der Waals surface area contributed by atoms with Gasteiger partial charge in [-0.2, -0.15) is 0 Å². The van der Waals surface area contributed by atoms with Crippen molar-refractivity contribution in [3.05, 3.63) is 92.7 Å². The van der Waals surface area contributed by atoms with E-state index in [9.17, 15) is 14.0 Å². The number of rotatable bonds is 2. The van der Waals surface area contributed by atoms with Crippen LogP contribution in [0.25, 0.3) is 22.4 Å². The van der Waals surface area contributed by atoms with E-state index in [1.807, 2.05) is 0 Å². The third kappa shape index (κ3) is 2.49. The number of hydrogen-bond donors (Lipinski definition) is 0. The van der Waals surface area contributed by atoms with Gasteiger partial charge in [0.05, 0.1) is 27.8 Å². The minimum atomic E-state index is -0.750. The Bertz CT molecular complexity index is 1240. The average molecular weight is 369 g/mol. The van der Waals surface area contributed by atoms with E-state index >= 15 is 0 Å². The van der Waals surface area contributed by atoms with Crippen LogP contribution in [-0.4, -0.2) is 19.1 Å². The molecule has 0 atom stereocenters. The molecule has 26 heavy (non-hydrogen) atoms. The van der Waals surface area contributed by atoms with Crippen molar-refractivity contribution in [2.45, 2.75) is 0 Å². The van der Waals surface area contributed by atoms with Crippen LogP contribution in [0.2, 0.25) is 5.02 Å². The lowest BCUT2D eigenvalue weighted by Gasteiger charge is -2.13. The molecule has 0 fully saturated rings. The van der Waals surface area contributed by atoms with Gasteiger partial charge in [-0.1, -0.05) is 17.7 Å². The Morgan fingerprint density at radius 3 is 2.54 bits per heavy atom. The van der Waals surface area contributed by atoms with Crippen LogP contribution in [0.15, 0.2) is 70.6 Å². The summed E-state index contributed by atoms with van der Waals surface area (Å²) in [6.45, 7) is 0. The number of pyridine rings is 2. The molecule has 0 N–H and O–H groups in total. The Morgan fingerprint density at radius 2 is 1.85 bits per heavy atom. The van der Waals surface area contributed by atoms with Gasteiger partial charge in [0.15, 0.2) is 0 Å². The van der Waals surface area contributed by atoms with Crippen LogP contribution in [0.1, 0.15) is 0 Å². The Labute approximate surface area is 150 Å². The summed E-state index contributed by atoms with van der Waals surface area (Å²) in [5.41, 5.74) is -0.882. The van der Waals surface area contributed by atoms with Crippen molar-refractivity contribution in [2.75, 3.05) is 0 Å². The summed E-state index contributed by atoms with van der Waals surface area (Å²) in [4.78, 5) is 34.1. The van der Waals surface area contributed by atoms with Crippen LogP contribution in [-0.2, 0) is 0 Å². The molecule has 6 nitrogen and oxygen atoms in total. The van der Waals surface area contributed by atoms with E-state index in [0.717, 1.165) is 10.6 Å². The van der Waals surface area contributed by atoms with Crippen molar-refractivity contribution in [1.29, 1.82) is 0 Å². The van der Waals surface area contributed by atoms with Gasteiger partial charge in [-0.05, 0) is 36.4 Å². The summed E-state index contributed by atoms with van der Waals surface area (Å²) in [7, 11) is 0. The summed E-state index contributed by atoms with van der Waals surface area (Å²) in [6, 6.07) is 10.4. The third-order valence-corrected chi connectivity index (χ3v) is 4.17.